The molecule has 0 aromatic heterocycles. The molecule has 1 aliphatic carbocycles. The fourth-order valence-corrected chi connectivity index (χ4v) is 7.71. The molecule has 3 saturated heterocycles. The number of nitrogens with zero attached hydrogens (tertiary/aromatic N) is 1. The monoisotopic (exact) mass is 641 g/mol. The number of ketones is 1. The van der Waals surface area contributed by atoms with Crippen LogP contribution in [0.1, 0.15) is 47.4 Å². The normalized spacial score (nSPS) is 32.7. The van der Waals surface area contributed by atoms with Crippen molar-refractivity contribution < 1.29 is 63.9 Å². The molecule has 46 heavy (non-hydrogen) atoms. The summed E-state index contributed by atoms with van der Waals surface area (Å²) in [7, 11) is 1.53. The molecule has 8 atom stereocenters. The van der Waals surface area contributed by atoms with Crippen molar-refractivity contribution in [1.82, 2.24) is 4.90 Å². The van der Waals surface area contributed by atoms with Gasteiger partial charge < -0.3 is 54.3 Å². The van der Waals surface area contributed by atoms with Gasteiger partial charge in [0.05, 0.1) is 29.6 Å². The smallest absolute Gasteiger partial charge is 0.197 e. The zero-order chi connectivity index (χ0) is 32.7. The van der Waals surface area contributed by atoms with E-state index in [1.54, 1.807) is 0 Å². The lowest BCUT2D eigenvalue weighted by atomic mass is 9.74. The number of carbonyl (C=O) groups excluding carboxylic acids is 2. The Morgan fingerprint density at radius 2 is 1.85 bits per heavy atom. The van der Waals surface area contributed by atoms with Crippen LogP contribution in [-0.2, 0) is 34.9 Å². The number of aromatic hydroxyl groups is 4. The number of methoxy groups -OCH3 is 1. The van der Waals surface area contributed by atoms with Gasteiger partial charge in [0.15, 0.2) is 30.9 Å². The zero-order valence-corrected chi connectivity index (χ0v) is 25.1. The van der Waals surface area contributed by atoms with Crippen molar-refractivity contribution in [1.29, 1.82) is 0 Å². The van der Waals surface area contributed by atoms with Gasteiger partial charge in [-0.05, 0) is 6.92 Å². The standard InChI is InChI=1S/C32H35NO13/c1-13-29-17(33-6-7-43-31(42-2)30(33)46-29)8-20(44-13)45-18-10-32(41,19(36)12-35)9-16-22(18)28(40)24-23(26(16)38)25(37)15-5-3-4-14(11-34)21(15)27(24)39/h3-5,11,13,17-18,20,29-31,35,37-41H,6-10,12H2,1-2H3/t13-,17-,18-,20-,29+,30+,31-,32-/m0/s1. The Morgan fingerprint density at radius 1 is 1.09 bits per heavy atom. The lowest BCUT2D eigenvalue weighted by molar-refractivity contribution is -0.256. The maximum atomic E-state index is 12.9. The van der Waals surface area contributed by atoms with E-state index in [4.69, 9.17) is 23.7 Å². The lowest BCUT2D eigenvalue weighted by Crippen LogP contribution is -2.55. The first-order chi connectivity index (χ1) is 22.0. The molecule has 3 aliphatic heterocycles. The van der Waals surface area contributed by atoms with Gasteiger partial charge in [0.2, 0.25) is 0 Å². The Morgan fingerprint density at radius 3 is 2.57 bits per heavy atom. The number of benzene rings is 3. The first-order valence-electron chi connectivity index (χ1n) is 15.1. The summed E-state index contributed by atoms with van der Waals surface area (Å²) in [6, 6.07) is 4.17. The van der Waals surface area contributed by atoms with Crippen molar-refractivity contribution in [3.8, 4) is 23.0 Å². The zero-order valence-electron chi connectivity index (χ0n) is 25.1. The number of fused-ring (bicyclic) bond motifs is 6. The van der Waals surface area contributed by atoms with E-state index < -0.39 is 84.8 Å². The molecule has 0 amide bonds. The number of ether oxygens (including phenoxy) is 5. The van der Waals surface area contributed by atoms with E-state index in [0.717, 1.165) is 0 Å². The van der Waals surface area contributed by atoms with E-state index >= 15 is 0 Å². The van der Waals surface area contributed by atoms with Crippen LogP contribution in [0.15, 0.2) is 18.2 Å². The second-order valence-electron chi connectivity index (χ2n) is 12.3. The fourth-order valence-electron chi connectivity index (χ4n) is 7.71. The van der Waals surface area contributed by atoms with Crippen LogP contribution in [0.5, 0.6) is 23.0 Å². The van der Waals surface area contributed by atoms with Crippen molar-refractivity contribution in [2.75, 3.05) is 26.9 Å². The fraction of sp³-hybridized carbons (Fsp3) is 0.500. The largest absolute Gasteiger partial charge is 0.507 e. The molecular formula is C32H35NO13. The topological polar surface area (TPSA) is 205 Å². The van der Waals surface area contributed by atoms with E-state index in [9.17, 15) is 40.2 Å². The van der Waals surface area contributed by atoms with Gasteiger partial charge in [0.1, 0.15) is 41.3 Å². The molecule has 7 rings (SSSR count). The quantitative estimate of drug-likeness (QED) is 0.128. The summed E-state index contributed by atoms with van der Waals surface area (Å²) in [6.45, 7) is 1.82. The van der Waals surface area contributed by atoms with E-state index in [1.807, 2.05) is 6.92 Å². The van der Waals surface area contributed by atoms with Crippen molar-refractivity contribution in [3.63, 3.8) is 0 Å². The minimum Gasteiger partial charge on any atom is -0.507 e. The van der Waals surface area contributed by atoms with Crippen molar-refractivity contribution in [3.05, 3.63) is 34.9 Å². The van der Waals surface area contributed by atoms with Crippen LogP contribution < -0.4 is 0 Å². The van der Waals surface area contributed by atoms with Crippen molar-refractivity contribution in [2.45, 2.75) is 74.9 Å². The third-order valence-electron chi connectivity index (χ3n) is 9.86. The Kier molecular flexibility index (Phi) is 7.61. The van der Waals surface area contributed by atoms with Crippen LogP contribution >= 0.6 is 0 Å². The van der Waals surface area contributed by atoms with Gasteiger partial charge >= 0.3 is 0 Å². The highest BCUT2D eigenvalue weighted by atomic mass is 16.7. The van der Waals surface area contributed by atoms with Crippen LogP contribution in [0.3, 0.4) is 0 Å². The predicted octanol–water partition coefficient (Wildman–Crippen LogP) is 1.46. The first kappa shape index (κ1) is 31.0. The number of hydrogen-bond acceptors (Lipinski definition) is 14. The number of aliphatic hydroxyl groups is 2. The minimum atomic E-state index is -2.22. The summed E-state index contributed by atoms with van der Waals surface area (Å²) in [5, 5.41) is 66.6. The van der Waals surface area contributed by atoms with Crippen LogP contribution in [-0.4, -0.2) is 117 Å². The number of hydrogen-bond donors (Lipinski definition) is 6. The predicted molar refractivity (Wildman–Crippen MR) is 158 cm³/mol. The molecule has 6 N–H and O–H groups in total. The van der Waals surface area contributed by atoms with E-state index in [-0.39, 0.29) is 50.4 Å². The molecule has 0 saturated carbocycles. The summed E-state index contributed by atoms with van der Waals surface area (Å²) in [6.07, 6.45) is -4.27. The Bertz CT molecular complexity index is 1740. The summed E-state index contributed by atoms with van der Waals surface area (Å²) < 4.78 is 30.0. The van der Waals surface area contributed by atoms with Crippen molar-refractivity contribution >= 4 is 33.6 Å². The van der Waals surface area contributed by atoms with Crippen LogP contribution in [0.2, 0.25) is 0 Å². The average Bonchev–Trinajstić information content (AvgIpc) is 3.43. The lowest BCUT2D eigenvalue weighted by Gasteiger charge is -2.43. The molecule has 0 spiro atoms. The van der Waals surface area contributed by atoms with Gasteiger partial charge in [-0.3, -0.25) is 14.5 Å². The average molecular weight is 642 g/mol. The molecule has 3 fully saturated rings. The highest BCUT2D eigenvalue weighted by molar-refractivity contribution is 6.18. The number of phenolic OH excluding ortho intramolecular Hbond substituents is 4. The second-order valence-corrected chi connectivity index (χ2v) is 12.3. The highest BCUT2D eigenvalue weighted by Crippen LogP contribution is 2.57. The van der Waals surface area contributed by atoms with E-state index in [0.29, 0.717) is 25.9 Å². The Balaban J connectivity index is 1.34. The molecule has 3 aromatic carbocycles. The number of rotatable bonds is 6. The SMILES string of the molecule is CO[C@H]1OCCN2[C@@H]1O[C@@H]1[C@H](C)O[C@@H](O[C@H]3C[C@](O)(C(=O)CO)Cc4c3c(O)c3c(O)c5c(C=O)cccc5c(O)c3c4O)C[C@@H]12. The van der Waals surface area contributed by atoms with E-state index in [1.165, 1.54) is 25.3 Å². The molecule has 3 aromatic rings. The van der Waals surface area contributed by atoms with Gasteiger partial charge in [-0.25, -0.2) is 0 Å². The van der Waals surface area contributed by atoms with Gasteiger partial charge in [-0.1, -0.05) is 18.2 Å². The maximum Gasteiger partial charge on any atom is 0.197 e. The molecule has 0 bridgehead atoms. The first-order valence-corrected chi connectivity index (χ1v) is 15.1. The number of aliphatic hydroxyl groups excluding tert-OH is 1. The van der Waals surface area contributed by atoms with Crippen LogP contribution in [0.4, 0.5) is 0 Å². The number of aldehydes is 1. The Labute approximate surface area is 262 Å². The third-order valence-corrected chi connectivity index (χ3v) is 9.86. The van der Waals surface area contributed by atoms with Crippen molar-refractivity contribution in [2.24, 2.45) is 0 Å². The number of morpholine rings is 1. The third kappa shape index (κ3) is 4.47. The van der Waals surface area contributed by atoms with Gasteiger partial charge in [-0.2, -0.15) is 0 Å². The number of Topliss-reactive ketones (excluding diaryl/α,β-unsaturated/α-hetero) is 1. The van der Waals surface area contributed by atoms with Crippen LogP contribution in [0.25, 0.3) is 21.5 Å². The number of phenols is 4. The molecule has 0 unspecified atom stereocenters. The summed E-state index contributed by atoms with van der Waals surface area (Å²) in [5.74, 6) is -3.23. The molecule has 3 heterocycles. The van der Waals surface area contributed by atoms with Gasteiger partial charge in [0, 0.05) is 66.4 Å². The second kappa shape index (κ2) is 11.3. The molecule has 14 nitrogen and oxygen atoms in total. The summed E-state index contributed by atoms with van der Waals surface area (Å²) in [5.41, 5.74) is -2.34. The van der Waals surface area contributed by atoms with Gasteiger partial charge in [-0.15, -0.1) is 0 Å². The molecular weight excluding hydrogens is 606 g/mol. The summed E-state index contributed by atoms with van der Waals surface area (Å²) in [4.78, 5) is 26.8. The molecule has 0 radical (unpaired) electrons. The van der Waals surface area contributed by atoms with Crippen LogP contribution in [0, 0.1) is 0 Å². The maximum absolute atomic E-state index is 12.9. The van der Waals surface area contributed by atoms with Gasteiger partial charge in [0.25, 0.3) is 0 Å². The molecule has 246 valence electrons. The summed E-state index contributed by atoms with van der Waals surface area (Å²) >= 11 is 0. The minimum absolute atomic E-state index is 0.0321. The van der Waals surface area contributed by atoms with E-state index in [2.05, 4.69) is 4.90 Å². The highest BCUT2D eigenvalue weighted by Gasteiger charge is 2.54. The number of carbonyl (C=O) groups is 2. The molecule has 4 aliphatic rings. The Hall–Kier alpha value is -3.60. The molecule has 14 heteroatoms.